The molecule has 1 amide bonds. The lowest BCUT2D eigenvalue weighted by atomic mass is 10.0. The van der Waals surface area contributed by atoms with Gasteiger partial charge in [0.25, 0.3) is 0 Å². The van der Waals surface area contributed by atoms with Crippen LogP contribution in [-0.2, 0) is 22.4 Å². The van der Waals surface area contributed by atoms with Crippen LogP contribution in [0.4, 0.5) is 0 Å². The van der Waals surface area contributed by atoms with Crippen molar-refractivity contribution < 1.29 is 19.8 Å². The quantitative estimate of drug-likeness (QED) is 0.596. The molecule has 0 saturated carbocycles. The summed E-state index contributed by atoms with van der Waals surface area (Å²) in [5.74, 6) is -1.61. The molecule has 1 aromatic heterocycles. The lowest BCUT2D eigenvalue weighted by molar-refractivity contribution is -0.308. The second-order valence-electron chi connectivity index (χ2n) is 6.13. The van der Waals surface area contributed by atoms with Gasteiger partial charge in [-0.2, -0.15) is 0 Å². The average molecular weight is 351 g/mol. The zero-order valence-corrected chi connectivity index (χ0v) is 14.1. The number of nitrogens with one attached hydrogen (secondary N) is 2. The van der Waals surface area contributed by atoms with E-state index in [0.29, 0.717) is 12.0 Å². The third-order valence-electron chi connectivity index (χ3n) is 4.33. The highest BCUT2D eigenvalue weighted by molar-refractivity contribution is 5.86. The van der Waals surface area contributed by atoms with Gasteiger partial charge in [-0.05, 0) is 29.7 Å². The number of carboxylic acid groups (broad SMARTS) is 1. The Labute approximate surface area is 150 Å². The van der Waals surface area contributed by atoms with E-state index in [-0.39, 0.29) is 18.6 Å². The summed E-state index contributed by atoms with van der Waals surface area (Å²) in [5, 5.41) is 24.6. The molecule has 1 heterocycles. The zero-order chi connectivity index (χ0) is 18.5. The number of amides is 1. The summed E-state index contributed by atoms with van der Waals surface area (Å²) in [4.78, 5) is 26.7. The van der Waals surface area contributed by atoms with Gasteiger partial charge < -0.3 is 25.3 Å². The van der Waals surface area contributed by atoms with Crippen LogP contribution in [0.15, 0.2) is 54.7 Å². The number of phenols is 1. The molecular weight excluding hydrogens is 332 g/mol. The van der Waals surface area contributed by atoms with Gasteiger partial charge in [-0.3, -0.25) is 4.79 Å². The molecular formula is C20H19N2O4-. The average Bonchev–Trinajstić information content (AvgIpc) is 3.03. The number of hydrogen-bond acceptors (Lipinski definition) is 4. The first kappa shape index (κ1) is 17.5. The first-order valence-corrected chi connectivity index (χ1v) is 8.36. The Bertz CT molecular complexity index is 932. The fourth-order valence-electron chi connectivity index (χ4n) is 2.95. The molecule has 6 heteroatoms. The number of aryl methyl sites for hydroxylation is 1. The minimum Gasteiger partial charge on any atom is -0.548 e. The number of hydrogen-bond donors (Lipinski definition) is 3. The third kappa shape index (κ3) is 4.03. The van der Waals surface area contributed by atoms with Gasteiger partial charge in [0.05, 0.1) is 12.0 Å². The maximum Gasteiger partial charge on any atom is 0.220 e. The van der Waals surface area contributed by atoms with Crippen molar-refractivity contribution >= 4 is 22.8 Å². The predicted molar refractivity (Wildman–Crippen MR) is 95.4 cm³/mol. The fourth-order valence-corrected chi connectivity index (χ4v) is 2.95. The Morgan fingerprint density at radius 3 is 2.58 bits per heavy atom. The van der Waals surface area contributed by atoms with E-state index in [1.807, 2.05) is 24.3 Å². The Morgan fingerprint density at radius 2 is 1.81 bits per heavy atom. The van der Waals surface area contributed by atoms with Crippen LogP contribution in [0, 0.1) is 0 Å². The minimum absolute atomic E-state index is 0.0786. The Hall–Kier alpha value is -3.28. The van der Waals surface area contributed by atoms with Crippen molar-refractivity contribution in [3.05, 3.63) is 65.9 Å². The molecule has 0 fully saturated rings. The highest BCUT2D eigenvalue weighted by atomic mass is 16.4. The molecule has 3 N–H and O–H groups in total. The summed E-state index contributed by atoms with van der Waals surface area (Å²) in [6, 6.07) is 13.2. The van der Waals surface area contributed by atoms with E-state index < -0.39 is 17.9 Å². The molecule has 0 unspecified atom stereocenters. The smallest absolute Gasteiger partial charge is 0.220 e. The van der Waals surface area contributed by atoms with Crippen molar-refractivity contribution in [1.82, 2.24) is 10.3 Å². The predicted octanol–water partition coefficient (Wildman–Crippen LogP) is 1.28. The molecule has 1 atom stereocenters. The second-order valence-corrected chi connectivity index (χ2v) is 6.13. The molecule has 2 aromatic carbocycles. The molecule has 0 saturated heterocycles. The lowest BCUT2D eigenvalue weighted by Crippen LogP contribution is -2.49. The van der Waals surface area contributed by atoms with E-state index in [1.54, 1.807) is 30.5 Å². The molecule has 3 rings (SSSR count). The number of carbonyl (C=O) groups excluding carboxylic acids is 2. The Kier molecular flexibility index (Phi) is 5.22. The topological polar surface area (TPSA) is 105 Å². The maximum absolute atomic E-state index is 12.1. The molecule has 26 heavy (non-hydrogen) atoms. The first-order valence-electron chi connectivity index (χ1n) is 8.36. The summed E-state index contributed by atoms with van der Waals surface area (Å²) in [5.41, 5.74) is 2.35. The molecule has 0 aliphatic carbocycles. The number of H-pyrrole nitrogens is 1. The molecule has 0 aliphatic heterocycles. The van der Waals surface area contributed by atoms with Crippen molar-refractivity contribution in [2.75, 3.05) is 0 Å². The SMILES string of the molecule is O=C(CCc1ccccc1O)N[C@@H](Cc1c[nH]c2ccccc12)C(=O)[O-]. The van der Waals surface area contributed by atoms with Gasteiger partial charge in [-0.15, -0.1) is 0 Å². The molecule has 3 aromatic rings. The van der Waals surface area contributed by atoms with E-state index in [1.165, 1.54) is 0 Å². The second kappa shape index (κ2) is 7.74. The number of benzene rings is 2. The van der Waals surface area contributed by atoms with Crippen LogP contribution in [0.3, 0.4) is 0 Å². The number of rotatable bonds is 7. The first-order chi connectivity index (χ1) is 12.5. The van der Waals surface area contributed by atoms with Crippen molar-refractivity contribution in [2.24, 2.45) is 0 Å². The summed E-state index contributed by atoms with van der Waals surface area (Å²) in [7, 11) is 0. The molecule has 0 radical (unpaired) electrons. The molecule has 0 bridgehead atoms. The van der Waals surface area contributed by atoms with Crippen LogP contribution in [0.5, 0.6) is 5.75 Å². The standard InChI is InChI=1S/C20H20N2O4/c23-18-8-4-1-5-13(18)9-10-19(24)22-17(20(25)26)11-14-12-21-16-7-3-2-6-15(14)16/h1-8,12,17,21,23H,9-11H2,(H,22,24)(H,25,26)/p-1/t17-/m0/s1. The van der Waals surface area contributed by atoms with E-state index >= 15 is 0 Å². The minimum atomic E-state index is -1.33. The van der Waals surface area contributed by atoms with Crippen LogP contribution in [-0.4, -0.2) is 28.0 Å². The number of carbonyl (C=O) groups is 2. The lowest BCUT2D eigenvalue weighted by Gasteiger charge is -2.19. The van der Waals surface area contributed by atoms with Crippen LogP contribution < -0.4 is 10.4 Å². The van der Waals surface area contributed by atoms with Crippen molar-refractivity contribution in [2.45, 2.75) is 25.3 Å². The number of aromatic nitrogens is 1. The number of phenolic OH excluding ortho intramolecular Hbond substituents is 1. The van der Waals surface area contributed by atoms with E-state index in [9.17, 15) is 19.8 Å². The number of fused-ring (bicyclic) bond motifs is 1. The largest absolute Gasteiger partial charge is 0.548 e. The van der Waals surface area contributed by atoms with Crippen LogP contribution >= 0.6 is 0 Å². The Morgan fingerprint density at radius 1 is 1.08 bits per heavy atom. The van der Waals surface area contributed by atoms with Gasteiger partial charge in [-0.25, -0.2) is 0 Å². The summed E-state index contributed by atoms with van der Waals surface area (Å²) in [6.45, 7) is 0. The molecule has 6 nitrogen and oxygen atoms in total. The molecule has 0 aliphatic rings. The van der Waals surface area contributed by atoms with Crippen LogP contribution in [0.2, 0.25) is 0 Å². The van der Waals surface area contributed by atoms with E-state index in [4.69, 9.17) is 0 Å². The monoisotopic (exact) mass is 351 g/mol. The van der Waals surface area contributed by atoms with Crippen molar-refractivity contribution in [3.8, 4) is 5.75 Å². The number of aromatic hydroxyl groups is 1. The summed E-state index contributed by atoms with van der Waals surface area (Å²) >= 11 is 0. The maximum atomic E-state index is 12.1. The number of para-hydroxylation sites is 2. The van der Waals surface area contributed by atoms with E-state index in [2.05, 4.69) is 10.3 Å². The fraction of sp³-hybridized carbons (Fsp3) is 0.200. The van der Waals surface area contributed by atoms with Gasteiger partial charge >= 0.3 is 0 Å². The van der Waals surface area contributed by atoms with Crippen LogP contribution in [0.1, 0.15) is 17.5 Å². The number of carboxylic acids is 1. The molecule has 0 spiro atoms. The summed E-state index contributed by atoms with van der Waals surface area (Å²) < 4.78 is 0. The van der Waals surface area contributed by atoms with E-state index in [0.717, 1.165) is 16.5 Å². The Balaban J connectivity index is 1.64. The van der Waals surface area contributed by atoms with Crippen LogP contribution in [0.25, 0.3) is 10.9 Å². The number of aromatic amines is 1. The molecule has 134 valence electrons. The normalized spacial score (nSPS) is 12.0. The van der Waals surface area contributed by atoms with Gasteiger partial charge in [0, 0.05) is 29.9 Å². The van der Waals surface area contributed by atoms with Gasteiger partial charge in [-0.1, -0.05) is 36.4 Å². The van der Waals surface area contributed by atoms with Gasteiger partial charge in [0.2, 0.25) is 5.91 Å². The highest BCUT2D eigenvalue weighted by Crippen LogP contribution is 2.19. The summed E-state index contributed by atoms with van der Waals surface area (Å²) in [6.07, 6.45) is 2.28. The van der Waals surface area contributed by atoms with Crippen molar-refractivity contribution in [3.63, 3.8) is 0 Å². The highest BCUT2D eigenvalue weighted by Gasteiger charge is 2.16. The van der Waals surface area contributed by atoms with Gasteiger partial charge in [0.15, 0.2) is 0 Å². The van der Waals surface area contributed by atoms with Gasteiger partial charge in [0.1, 0.15) is 5.75 Å². The zero-order valence-electron chi connectivity index (χ0n) is 14.1. The number of aliphatic carboxylic acids is 1. The van der Waals surface area contributed by atoms with Crippen molar-refractivity contribution in [1.29, 1.82) is 0 Å². The third-order valence-corrected chi connectivity index (χ3v) is 4.33.